The minimum Gasteiger partial charge on any atom is -0.462 e. The molecular weight excluding hydrogens is 889 g/mol. The molecule has 0 saturated carbocycles. The zero-order valence-electron chi connectivity index (χ0n) is 48.5. The van der Waals surface area contributed by atoms with Crippen LogP contribution in [0.5, 0.6) is 0 Å². The second kappa shape index (κ2) is 61.2. The molecule has 0 aliphatic carbocycles. The molecule has 0 amide bonds. The lowest BCUT2D eigenvalue weighted by molar-refractivity contribution is -0.167. The molecule has 0 aliphatic rings. The van der Waals surface area contributed by atoms with Crippen molar-refractivity contribution < 1.29 is 28.6 Å². The monoisotopic (exact) mass is 1010 g/mol. The van der Waals surface area contributed by atoms with Crippen molar-refractivity contribution in [1.29, 1.82) is 0 Å². The Bertz CT molecular complexity index is 1210. The summed E-state index contributed by atoms with van der Waals surface area (Å²) in [7, 11) is 0. The number of hydrogen-bond acceptors (Lipinski definition) is 6. The Morgan fingerprint density at radius 3 is 0.847 bits per heavy atom. The van der Waals surface area contributed by atoms with Crippen molar-refractivity contribution in [2.45, 2.75) is 354 Å². The number of unbranched alkanes of at least 4 members (excludes halogenated alkanes) is 42. The summed E-state index contributed by atoms with van der Waals surface area (Å²) in [6.45, 7) is 6.59. The minimum atomic E-state index is -0.780. The van der Waals surface area contributed by atoms with Gasteiger partial charge in [-0.15, -0.1) is 0 Å². The van der Waals surface area contributed by atoms with E-state index in [2.05, 4.69) is 57.2 Å². The lowest BCUT2D eigenvalue weighted by atomic mass is 10.0. The maximum Gasteiger partial charge on any atom is 0.306 e. The Morgan fingerprint density at radius 1 is 0.278 bits per heavy atom. The first-order valence-electron chi connectivity index (χ1n) is 32.0. The molecule has 72 heavy (non-hydrogen) atoms. The van der Waals surface area contributed by atoms with Gasteiger partial charge in [-0.25, -0.2) is 0 Å². The summed E-state index contributed by atoms with van der Waals surface area (Å²) >= 11 is 0. The van der Waals surface area contributed by atoms with Crippen LogP contribution >= 0.6 is 0 Å². The highest BCUT2D eigenvalue weighted by Gasteiger charge is 2.19. The lowest BCUT2D eigenvalue weighted by Crippen LogP contribution is -2.30. The molecule has 0 spiro atoms. The average Bonchev–Trinajstić information content (AvgIpc) is 3.38. The van der Waals surface area contributed by atoms with Gasteiger partial charge in [-0.3, -0.25) is 14.4 Å². The van der Waals surface area contributed by atoms with Crippen LogP contribution in [0.2, 0.25) is 0 Å². The number of rotatable bonds is 59. The van der Waals surface area contributed by atoms with E-state index in [-0.39, 0.29) is 31.1 Å². The van der Waals surface area contributed by atoms with Crippen LogP contribution in [0.15, 0.2) is 36.5 Å². The van der Waals surface area contributed by atoms with Crippen molar-refractivity contribution in [3.63, 3.8) is 0 Å². The predicted octanol–water partition coefficient (Wildman–Crippen LogP) is 21.6. The van der Waals surface area contributed by atoms with Crippen LogP contribution in [0, 0.1) is 0 Å². The summed E-state index contributed by atoms with van der Waals surface area (Å²) < 4.78 is 16.9. The number of allylic oxidation sites excluding steroid dienone is 6. The molecule has 1 atom stereocenters. The third kappa shape index (κ3) is 58.5. The molecule has 0 N–H and O–H groups in total. The Kier molecular flexibility index (Phi) is 59.2. The van der Waals surface area contributed by atoms with E-state index in [1.807, 2.05) is 0 Å². The minimum absolute atomic E-state index is 0.0769. The smallest absolute Gasteiger partial charge is 0.306 e. The van der Waals surface area contributed by atoms with Gasteiger partial charge < -0.3 is 14.2 Å². The SMILES string of the molecule is CCC/C=C\C/C=C\CCCCCCCC(=O)OC(COC(=O)CCCCCCC/C=C\CCCCCC)COC(=O)CCCCCCCCCCCCCCCCCCCCCCCCCCCCCC. The Balaban J connectivity index is 4.14. The van der Waals surface area contributed by atoms with Crippen molar-refractivity contribution >= 4 is 17.9 Å². The summed E-state index contributed by atoms with van der Waals surface area (Å²) in [6, 6.07) is 0. The summed E-state index contributed by atoms with van der Waals surface area (Å²) in [5.74, 6) is -0.882. The van der Waals surface area contributed by atoms with Gasteiger partial charge in [-0.2, -0.15) is 0 Å². The molecule has 0 aromatic heterocycles. The normalized spacial score (nSPS) is 12.2. The van der Waals surface area contributed by atoms with E-state index in [9.17, 15) is 14.4 Å². The highest BCUT2D eigenvalue weighted by molar-refractivity contribution is 5.71. The zero-order valence-corrected chi connectivity index (χ0v) is 48.5. The maximum absolute atomic E-state index is 12.8. The largest absolute Gasteiger partial charge is 0.462 e. The first kappa shape index (κ1) is 69.6. The molecular formula is C66H122O6. The fraction of sp³-hybridized carbons (Fsp3) is 0.864. The molecule has 0 saturated heterocycles. The van der Waals surface area contributed by atoms with E-state index in [1.54, 1.807) is 0 Å². The molecule has 6 heteroatoms. The number of carbonyl (C=O) groups is 3. The summed E-state index contributed by atoms with van der Waals surface area (Å²) in [4.78, 5) is 38.2. The fourth-order valence-electron chi connectivity index (χ4n) is 9.54. The van der Waals surface area contributed by atoms with Gasteiger partial charge in [-0.05, 0) is 70.6 Å². The highest BCUT2D eigenvalue weighted by Crippen LogP contribution is 2.18. The average molecular weight is 1010 g/mol. The van der Waals surface area contributed by atoms with Gasteiger partial charge in [0.2, 0.25) is 0 Å². The molecule has 422 valence electrons. The highest BCUT2D eigenvalue weighted by atomic mass is 16.6. The molecule has 0 rings (SSSR count). The van der Waals surface area contributed by atoms with E-state index < -0.39 is 6.10 Å². The summed E-state index contributed by atoms with van der Waals surface area (Å²) in [5.41, 5.74) is 0. The quantitative estimate of drug-likeness (QED) is 0.0261. The van der Waals surface area contributed by atoms with Crippen LogP contribution < -0.4 is 0 Å². The number of hydrogen-bond donors (Lipinski definition) is 0. The molecule has 0 fully saturated rings. The third-order valence-electron chi connectivity index (χ3n) is 14.3. The van der Waals surface area contributed by atoms with Gasteiger partial charge in [0, 0.05) is 19.3 Å². The van der Waals surface area contributed by atoms with Crippen LogP contribution in [0.25, 0.3) is 0 Å². The van der Waals surface area contributed by atoms with E-state index in [1.165, 1.54) is 212 Å². The Labute approximate surface area is 448 Å². The topological polar surface area (TPSA) is 78.9 Å². The first-order valence-corrected chi connectivity index (χ1v) is 32.0. The van der Waals surface area contributed by atoms with Crippen molar-refractivity contribution in [2.75, 3.05) is 13.2 Å². The third-order valence-corrected chi connectivity index (χ3v) is 14.3. The predicted molar refractivity (Wildman–Crippen MR) is 312 cm³/mol. The van der Waals surface area contributed by atoms with E-state index in [0.717, 1.165) is 96.3 Å². The fourth-order valence-corrected chi connectivity index (χ4v) is 9.54. The first-order chi connectivity index (χ1) is 35.5. The second-order valence-electron chi connectivity index (χ2n) is 21.7. The number of carbonyl (C=O) groups excluding carboxylic acids is 3. The summed E-state index contributed by atoms with van der Waals surface area (Å²) in [6.07, 6.45) is 74.6. The Morgan fingerprint density at radius 2 is 0.528 bits per heavy atom. The molecule has 1 unspecified atom stereocenters. The molecule has 0 aromatic rings. The molecule has 0 aliphatic heterocycles. The van der Waals surface area contributed by atoms with Crippen LogP contribution in [0.3, 0.4) is 0 Å². The zero-order chi connectivity index (χ0) is 52.2. The van der Waals surface area contributed by atoms with Gasteiger partial charge in [0.05, 0.1) is 0 Å². The van der Waals surface area contributed by atoms with Gasteiger partial charge in [-0.1, -0.05) is 295 Å². The van der Waals surface area contributed by atoms with Crippen molar-refractivity contribution in [2.24, 2.45) is 0 Å². The lowest BCUT2D eigenvalue weighted by Gasteiger charge is -2.18. The van der Waals surface area contributed by atoms with E-state index in [0.29, 0.717) is 19.3 Å². The maximum atomic E-state index is 12.8. The van der Waals surface area contributed by atoms with Gasteiger partial charge >= 0.3 is 17.9 Å². The van der Waals surface area contributed by atoms with Gasteiger partial charge in [0.25, 0.3) is 0 Å². The van der Waals surface area contributed by atoms with Crippen molar-refractivity contribution in [1.82, 2.24) is 0 Å². The molecule has 6 nitrogen and oxygen atoms in total. The van der Waals surface area contributed by atoms with Crippen LogP contribution in [-0.2, 0) is 28.6 Å². The van der Waals surface area contributed by atoms with Gasteiger partial charge in [0.1, 0.15) is 13.2 Å². The van der Waals surface area contributed by atoms with Crippen LogP contribution in [0.4, 0.5) is 0 Å². The standard InChI is InChI=1S/C66H122O6/c1-4-7-10-13-16-19-22-25-26-27-28-29-30-31-32-33-34-35-36-37-38-39-42-44-47-50-53-56-59-65(68)71-62-63(72-66(69)60-57-54-51-48-45-41-24-21-18-15-12-9-6-3)61-70-64(67)58-55-52-49-46-43-40-23-20-17-14-11-8-5-2/h12,15,20-21,23-24,63H,4-11,13-14,16-19,22,25-62H2,1-3H3/b15-12-,23-20-,24-21-. The van der Waals surface area contributed by atoms with Gasteiger partial charge in [0.15, 0.2) is 6.10 Å². The Hall–Kier alpha value is -2.37. The summed E-state index contributed by atoms with van der Waals surface area (Å²) in [5, 5.41) is 0. The second-order valence-corrected chi connectivity index (χ2v) is 21.7. The van der Waals surface area contributed by atoms with Crippen molar-refractivity contribution in [3.05, 3.63) is 36.5 Å². The van der Waals surface area contributed by atoms with Crippen LogP contribution in [-0.4, -0.2) is 37.2 Å². The molecule has 0 aromatic carbocycles. The molecule has 0 radical (unpaired) electrons. The van der Waals surface area contributed by atoms with Crippen molar-refractivity contribution in [3.8, 4) is 0 Å². The molecule has 0 heterocycles. The number of ether oxygens (including phenoxy) is 3. The van der Waals surface area contributed by atoms with E-state index >= 15 is 0 Å². The van der Waals surface area contributed by atoms with E-state index in [4.69, 9.17) is 14.2 Å². The number of esters is 3. The van der Waals surface area contributed by atoms with Crippen LogP contribution in [0.1, 0.15) is 348 Å². The molecule has 0 bridgehead atoms.